The quantitative estimate of drug-likeness (QED) is 0.517. The zero-order chi connectivity index (χ0) is 20.9. The molecule has 1 unspecified atom stereocenters. The third kappa shape index (κ3) is 3.91. The molecular weight excluding hydrogens is 436 g/mol. The molecule has 0 bridgehead atoms. The van der Waals surface area contributed by atoms with Crippen LogP contribution in [0.25, 0.3) is 11.1 Å². The standard InChI is InChI=1S/C21H16Cl2FNO3S/c1-29(27,28)15-4-2-3-12(9-15)13-5-7-16(19(24)11-13)21-20(25(21)26)14-6-8-17(22)18(23)10-14/h2-11,20-21,26H,1H3/t20-,21+,25?/m0/s1. The van der Waals surface area contributed by atoms with E-state index in [9.17, 15) is 18.0 Å². The van der Waals surface area contributed by atoms with Gasteiger partial charge in [0.25, 0.3) is 0 Å². The molecule has 29 heavy (non-hydrogen) atoms. The topological polar surface area (TPSA) is 57.4 Å². The summed E-state index contributed by atoms with van der Waals surface area (Å²) >= 11 is 12.0. The highest BCUT2D eigenvalue weighted by Crippen LogP contribution is 2.54. The Morgan fingerprint density at radius 2 is 1.66 bits per heavy atom. The Morgan fingerprint density at radius 3 is 2.31 bits per heavy atom. The molecule has 3 aromatic carbocycles. The molecule has 0 saturated carbocycles. The fraction of sp³-hybridized carbons (Fsp3) is 0.143. The van der Waals surface area contributed by atoms with Crippen molar-refractivity contribution in [3.8, 4) is 11.1 Å². The largest absolute Gasteiger partial charge is 0.313 e. The van der Waals surface area contributed by atoms with Crippen molar-refractivity contribution in [1.29, 1.82) is 0 Å². The van der Waals surface area contributed by atoms with Crippen molar-refractivity contribution < 1.29 is 18.0 Å². The van der Waals surface area contributed by atoms with Crippen molar-refractivity contribution in [2.24, 2.45) is 0 Å². The van der Waals surface area contributed by atoms with Crippen LogP contribution in [-0.2, 0) is 9.84 Å². The molecule has 4 nitrogen and oxygen atoms in total. The minimum atomic E-state index is -3.36. The van der Waals surface area contributed by atoms with Gasteiger partial charge in [-0.2, -0.15) is 5.06 Å². The number of hydrogen-bond acceptors (Lipinski definition) is 4. The van der Waals surface area contributed by atoms with E-state index in [0.717, 1.165) is 16.9 Å². The fourth-order valence-corrected chi connectivity index (χ4v) is 4.39. The van der Waals surface area contributed by atoms with Gasteiger partial charge in [0.2, 0.25) is 0 Å². The van der Waals surface area contributed by atoms with Crippen LogP contribution in [0.2, 0.25) is 10.0 Å². The number of sulfone groups is 1. The lowest BCUT2D eigenvalue weighted by molar-refractivity contribution is 0.00428. The number of nitrogens with zero attached hydrogens (tertiary/aromatic N) is 1. The average Bonchev–Trinajstić information content (AvgIpc) is 3.34. The molecule has 1 saturated heterocycles. The zero-order valence-corrected chi connectivity index (χ0v) is 17.5. The molecule has 1 N–H and O–H groups in total. The van der Waals surface area contributed by atoms with Crippen LogP contribution < -0.4 is 0 Å². The van der Waals surface area contributed by atoms with E-state index in [0.29, 0.717) is 26.7 Å². The van der Waals surface area contributed by atoms with Crippen LogP contribution in [0.5, 0.6) is 0 Å². The molecule has 0 radical (unpaired) electrons. The van der Waals surface area contributed by atoms with Crippen LogP contribution >= 0.6 is 23.2 Å². The van der Waals surface area contributed by atoms with Crippen LogP contribution in [0.15, 0.2) is 65.6 Å². The van der Waals surface area contributed by atoms with Gasteiger partial charge >= 0.3 is 0 Å². The minimum Gasteiger partial charge on any atom is -0.313 e. The molecule has 1 aliphatic heterocycles. The lowest BCUT2D eigenvalue weighted by Crippen LogP contribution is -1.97. The first kappa shape index (κ1) is 20.3. The van der Waals surface area contributed by atoms with Crippen molar-refractivity contribution in [2.45, 2.75) is 17.0 Å². The molecule has 0 aromatic heterocycles. The SMILES string of the molecule is CS(=O)(=O)c1cccc(-c2ccc([C@@H]3[C@H](c4ccc(Cl)c(Cl)c4)N3O)c(F)c2)c1. The molecule has 0 amide bonds. The summed E-state index contributed by atoms with van der Waals surface area (Å²) in [5.74, 6) is -0.487. The molecule has 0 aliphatic carbocycles. The van der Waals surface area contributed by atoms with Crippen LogP contribution in [0.4, 0.5) is 4.39 Å². The summed E-state index contributed by atoms with van der Waals surface area (Å²) in [4.78, 5) is 0.169. The maximum Gasteiger partial charge on any atom is 0.175 e. The van der Waals surface area contributed by atoms with Gasteiger partial charge in [-0.1, -0.05) is 53.5 Å². The Morgan fingerprint density at radius 1 is 0.931 bits per heavy atom. The van der Waals surface area contributed by atoms with Gasteiger partial charge in [-0.15, -0.1) is 0 Å². The van der Waals surface area contributed by atoms with E-state index in [-0.39, 0.29) is 4.90 Å². The van der Waals surface area contributed by atoms with Crippen molar-refractivity contribution in [3.05, 3.63) is 87.7 Å². The normalized spacial score (nSPS) is 21.2. The first-order valence-electron chi connectivity index (χ1n) is 8.69. The smallest absolute Gasteiger partial charge is 0.175 e. The van der Waals surface area contributed by atoms with Crippen molar-refractivity contribution in [1.82, 2.24) is 5.06 Å². The predicted molar refractivity (Wildman–Crippen MR) is 111 cm³/mol. The summed E-state index contributed by atoms with van der Waals surface area (Å²) < 4.78 is 38.4. The molecule has 0 spiro atoms. The van der Waals surface area contributed by atoms with Gasteiger partial charge in [-0.25, -0.2) is 12.8 Å². The molecule has 3 atom stereocenters. The molecule has 8 heteroatoms. The Balaban J connectivity index is 1.64. The van der Waals surface area contributed by atoms with E-state index in [4.69, 9.17) is 23.2 Å². The molecule has 150 valence electrons. The van der Waals surface area contributed by atoms with Crippen LogP contribution in [0.3, 0.4) is 0 Å². The highest BCUT2D eigenvalue weighted by Gasteiger charge is 2.50. The number of benzene rings is 3. The van der Waals surface area contributed by atoms with E-state index in [1.807, 2.05) is 0 Å². The summed E-state index contributed by atoms with van der Waals surface area (Å²) in [6, 6.07) is 15.1. The summed E-state index contributed by atoms with van der Waals surface area (Å²) in [5.41, 5.74) is 2.21. The van der Waals surface area contributed by atoms with Gasteiger partial charge in [-0.3, -0.25) is 0 Å². The lowest BCUT2D eigenvalue weighted by atomic mass is 9.99. The predicted octanol–water partition coefficient (Wildman–Crippen LogP) is 5.69. The van der Waals surface area contributed by atoms with E-state index in [2.05, 4.69) is 0 Å². The molecule has 1 fully saturated rings. The molecule has 1 heterocycles. The van der Waals surface area contributed by atoms with Gasteiger partial charge < -0.3 is 5.21 Å². The number of hydrogen-bond donors (Lipinski definition) is 1. The second-order valence-corrected chi connectivity index (χ2v) is 9.81. The lowest BCUT2D eigenvalue weighted by Gasteiger charge is -2.07. The Kier molecular flexibility index (Phi) is 5.17. The molecule has 4 rings (SSSR count). The fourth-order valence-electron chi connectivity index (χ4n) is 3.42. The molecular formula is C21H16Cl2FNO3S. The second kappa shape index (κ2) is 7.38. The third-order valence-electron chi connectivity index (χ3n) is 4.98. The summed E-state index contributed by atoms with van der Waals surface area (Å²) in [6.07, 6.45) is 1.13. The summed E-state index contributed by atoms with van der Waals surface area (Å²) in [5, 5.41) is 12.0. The first-order valence-corrected chi connectivity index (χ1v) is 11.3. The average molecular weight is 452 g/mol. The monoisotopic (exact) mass is 451 g/mol. The third-order valence-corrected chi connectivity index (χ3v) is 6.83. The van der Waals surface area contributed by atoms with Gasteiger partial charge in [0.05, 0.1) is 27.0 Å². The van der Waals surface area contributed by atoms with Gasteiger partial charge in [0.1, 0.15) is 5.82 Å². The maximum atomic E-state index is 14.9. The number of hydroxylamine groups is 2. The van der Waals surface area contributed by atoms with E-state index in [1.165, 1.54) is 18.2 Å². The van der Waals surface area contributed by atoms with E-state index < -0.39 is 27.7 Å². The highest BCUT2D eigenvalue weighted by atomic mass is 35.5. The van der Waals surface area contributed by atoms with Crippen LogP contribution in [0, 0.1) is 5.82 Å². The van der Waals surface area contributed by atoms with E-state index in [1.54, 1.807) is 42.5 Å². The van der Waals surface area contributed by atoms with Crippen LogP contribution in [0.1, 0.15) is 23.2 Å². The second-order valence-electron chi connectivity index (χ2n) is 6.98. The molecule has 1 aliphatic rings. The highest BCUT2D eigenvalue weighted by molar-refractivity contribution is 7.90. The zero-order valence-electron chi connectivity index (χ0n) is 15.2. The Bertz CT molecular complexity index is 1220. The van der Waals surface area contributed by atoms with Gasteiger partial charge in [0, 0.05) is 11.8 Å². The summed E-state index contributed by atoms with van der Waals surface area (Å²) in [6.45, 7) is 0. The number of rotatable bonds is 4. The maximum absolute atomic E-state index is 14.9. The van der Waals surface area contributed by atoms with Gasteiger partial charge in [-0.05, 0) is 47.0 Å². The summed E-state index contributed by atoms with van der Waals surface area (Å²) in [7, 11) is -3.36. The number of halogens is 3. The molecule has 3 aromatic rings. The first-order chi connectivity index (χ1) is 13.7. The van der Waals surface area contributed by atoms with Crippen LogP contribution in [-0.4, -0.2) is 24.9 Å². The van der Waals surface area contributed by atoms with Crippen molar-refractivity contribution >= 4 is 33.0 Å². The van der Waals surface area contributed by atoms with Gasteiger partial charge in [0.15, 0.2) is 9.84 Å². The van der Waals surface area contributed by atoms with E-state index >= 15 is 0 Å². The Labute approximate surface area is 178 Å². The Hall–Kier alpha value is -1.96. The van der Waals surface area contributed by atoms with Crippen molar-refractivity contribution in [2.75, 3.05) is 6.26 Å². The van der Waals surface area contributed by atoms with Crippen molar-refractivity contribution in [3.63, 3.8) is 0 Å². The minimum absolute atomic E-state index is 0.169.